The molecule has 0 bridgehead atoms. The van der Waals surface area contributed by atoms with Gasteiger partial charge in [-0.1, -0.05) is 11.6 Å². The molecule has 3 aromatic rings. The first-order valence-corrected chi connectivity index (χ1v) is 9.09. The Morgan fingerprint density at radius 3 is 2.89 bits per heavy atom. The first-order valence-electron chi connectivity index (χ1n) is 8.71. The van der Waals surface area contributed by atoms with E-state index >= 15 is 0 Å². The lowest BCUT2D eigenvalue weighted by atomic mass is 10.1. The summed E-state index contributed by atoms with van der Waals surface area (Å²) in [6, 6.07) is 7.10. The lowest BCUT2D eigenvalue weighted by molar-refractivity contribution is -0.605. The Labute approximate surface area is 161 Å². The molecule has 0 aliphatic rings. The first kappa shape index (κ1) is 18.8. The van der Waals surface area contributed by atoms with Gasteiger partial charge in [0.05, 0.1) is 10.7 Å². The fraction of sp³-hybridized carbons (Fsp3) is 0.263. The van der Waals surface area contributed by atoms with Gasteiger partial charge >= 0.3 is 0 Å². The number of H-pyrrole nitrogens is 1. The van der Waals surface area contributed by atoms with E-state index in [1.165, 1.54) is 18.6 Å². The maximum Gasteiger partial charge on any atom is 0.255 e. The van der Waals surface area contributed by atoms with Crippen molar-refractivity contribution in [3.05, 3.63) is 86.5 Å². The highest BCUT2D eigenvalue weighted by Gasteiger charge is 2.06. The predicted molar refractivity (Wildman–Crippen MR) is 104 cm³/mol. The number of pyridine rings is 2. The van der Waals surface area contributed by atoms with Gasteiger partial charge in [-0.05, 0) is 37.5 Å². The Balaban J connectivity index is 1.48. The van der Waals surface area contributed by atoms with Crippen LogP contribution >= 0.6 is 11.6 Å². The van der Waals surface area contributed by atoms with E-state index < -0.39 is 0 Å². The Kier molecular flexibility index (Phi) is 6.38. The average Bonchev–Trinajstić information content (AvgIpc) is 2.65. The number of nitrogens with one attached hydrogen (secondary N) is 2. The standard InChI is InChI=1S/C19H20ClN5O2/c20-16-6-3-9-21-17(16)7-1-2-8-22-19-23-12-15(18(26)24-19)11-14-5-4-10-25(27)13-14/h3-6,9-10,12-13H,1-2,7-8,11H2,(H2,22,23,24,26). The molecular weight excluding hydrogens is 366 g/mol. The van der Waals surface area contributed by atoms with Gasteiger partial charge in [0.2, 0.25) is 5.95 Å². The minimum Gasteiger partial charge on any atom is -0.619 e. The van der Waals surface area contributed by atoms with Crippen molar-refractivity contribution in [2.75, 3.05) is 11.9 Å². The molecule has 0 aromatic carbocycles. The van der Waals surface area contributed by atoms with Gasteiger partial charge in [-0.2, -0.15) is 4.73 Å². The number of halogens is 1. The maximum atomic E-state index is 12.2. The Bertz CT molecular complexity index is 961. The zero-order chi connectivity index (χ0) is 19.1. The Morgan fingerprint density at radius 1 is 1.22 bits per heavy atom. The van der Waals surface area contributed by atoms with Gasteiger partial charge in [0, 0.05) is 42.6 Å². The lowest BCUT2D eigenvalue weighted by Gasteiger charge is -2.07. The third-order valence-corrected chi connectivity index (χ3v) is 4.42. The van der Waals surface area contributed by atoms with Gasteiger partial charge in [-0.25, -0.2) is 4.98 Å². The summed E-state index contributed by atoms with van der Waals surface area (Å²) in [7, 11) is 0. The summed E-state index contributed by atoms with van der Waals surface area (Å²) in [4.78, 5) is 23.4. The second-order valence-electron chi connectivity index (χ2n) is 6.15. The van der Waals surface area contributed by atoms with Gasteiger partial charge in [0.15, 0.2) is 12.4 Å². The van der Waals surface area contributed by atoms with Crippen LogP contribution in [0.25, 0.3) is 0 Å². The number of aryl methyl sites for hydroxylation is 1. The topological polar surface area (TPSA) is 97.6 Å². The Morgan fingerprint density at radius 2 is 2.11 bits per heavy atom. The minimum absolute atomic E-state index is 0.214. The fourth-order valence-corrected chi connectivity index (χ4v) is 2.90. The first-order chi connectivity index (χ1) is 13.1. The molecule has 140 valence electrons. The molecule has 0 fully saturated rings. The van der Waals surface area contributed by atoms with Crippen LogP contribution < -0.4 is 15.6 Å². The molecule has 0 unspecified atom stereocenters. The molecule has 0 saturated carbocycles. The van der Waals surface area contributed by atoms with Crippen LogP contribution in [0.5, 0.6) is 0 Å². The van der Waals surface area contributed by atoms with Crippen molar-refractivity contribution in [2.45, 2.75) is 25.7 Å². The molecule has 7 nitrogen and oxygen atoms in total. The van der Waals surface area contributed by atoms with E-state index in [2.05, 4.69) is 20.3 Å². The molecule has 0 spiro atoms. The van der Waals surface area contributed by atoms with Gasteiger partial charge in [-0.3, -0.25) is 14.8 Å². The van der Waals surface area contributed by atoms with Crippen molar-refractivity contribution in [2.24, 2.45) is 0 Å². The highest BCUT2D eigenvalue weighted by atomic mass is 35.5. The zero-order valence-electron chi connectivity index (χ0n) is 14.7. The second-order valence-corrected chi connectivity index (χ2v) is 6.56. The molecule has 27 heavy (non-hydrogen) atoms. The summed E-state index contributed by atoms with van der Waals surface area (Å²) < 4.78 is 0.713. The second kappa shape index (κ2) is 9.14. The van der Waals surface area contributed by atoms with E-state index in [0.717, 1.165) is 30.5 Å². The molecule has 0 aliphatic carbocycles. The van der Waals surface area contributed by atoms with Crippen LogP contribution in [0.15, 0.2) is 53.8 Å². The maximum absolute atomic E-state index is 12.2. The molecule has 3 rings (SSSR count). The van der Waals surface area contributed by atoms with Gasteiger partial charge in [0.25, 0.3) is 5.56 Å². The van der Waals surface area contributed by atoms with Gasteiger partial charge in [-0.15, -0.1) is 0 Å². The number of unbranched alkanes of at least 4 members (excludes halogenated alkanes) is 1. The quantitative estimate of drug-likeness (QED) is 0.352. The van der Waals surface area contributed by atoms with Crippen molar-refractivity contribution >= 4 is 17.5 Å². The number of aromatic amines is 1. The van der Waals surface area contributed by atoms with E-state index in [1.54, 1.807) is 18.3 Å². The molecule has 3 heterocycles. The van der Waals surface area contributed by atoms with Crippen molar-refractivity contribution in [1.29, 1.82) is 0 Å². The highest BCUT2D eigenvalue weighted by molar-refractivity contribution is 6.31. The average molecular weight is 386 g/mol. The fourth-order valence-electron chi connectivity index (χ4n) is 2.69. The monoisotopic (exact) mass is 385 g/mol. The van der Waals surface area contributed by atoms with E-state index in [1.807, 2.05) is 12.1 Å². The summed E-state index contributed by atoms with van der Waals surface area (Å²) in [6.07, 6.45) is 9.11. The molecule has 2 N–H and O–H groups in total. The molecule has 0 aliphatic heterocycles. The summed E-state index contributed by atoms with van der Waals surface area (Å²) in [5.74, 6) is 0.437. The van der Waals surface area contributed by atoms with E-state index in [-0.39, 0.29) is 5.56 Å². The van der Waals surface area contributed by atoms with E-state index in [0.29, 0.717) is 34.2 Å². The van der Waals surface area contributed by atoms with Crippen molar-refractivity contribution < 1.29 is 4.73 Å². The summed E-state index contributed by atoms with van der Waals surface area (Å²) in [5.41, 5.74) is 1.95. The molecular formula is C19H20ClN5O2. The molecule has 8 heteroatoms. The molecule has 0 radical (unpaired) electrons. The largest absolute Gasteiger partial charge is 0.619 e. The van der Waals surface area contributed by atoms with Crippen LogP contribution in [0.1, 0.15) is 29.7 Å². The number of anilines is 1. The number of aromatic nitrogens is 4. The van der Waals surface area contributed by atoms with Crippen LogP contribution in [0.3, 0.4) is 0 Å². The molecule has 0 saturated heterocycles. The van der Waals surface area contributed by atoms with Gasteiger partial charge in [0.1, 0.15) is 0 Å². The van der Waals surface area contributed by atoms with Crippen LogP contribution in [0, 0.1) is 5.21 Å². The van der Waals surface area contributed by atoms with Crippen molar-refractivity contribution in [3.8, 4) is 0 Å². The van der Waals surface area contributed by atoms with Gasteiger partial charge < -0.3 is 10.5 Å². The molecule has 0 amide bonds. The third-order valence-electron chi connectivity index (χ3n) is 4.07. The minimum atomic E-state index is -0.214. The zero-order valence-corrected chi connectivity index (χ0v) is 15.4. The molecule has 0 atom stereocenters. The predicted octanol–water partition coefficient (Wildman–Crippen LogP) is 2.48. The van der Waals surface area contributed by atoms with Crippen molar-refractivity contribution in [3.63, 3.8) is 0 Å². The van der Waals surface area contributed by atoms with E-state index in [9.17, 15) is 10.0 Å². The SMILES string of the molecule is O=c1[nH]c(NCCCCc2ncccc2Cl)ncc1Cc1ccc[n+]([O-])c1. The van der Waals surface area contributed by atoms with Crippen LogP contribution in [-0.2, 0) is 12.8 Å². The Hall–Kier alpha value is -2.93. The third kappa shape index (κ3) is 5.52. The number of hydrogen-bond acceptors (Lipinski definition) is 5. The smallest absolute Gasteiger partial charge is 0.255 e. The summed E-state index contributed by atoms with van der Waals surface area (Å²) in [5, 5.41) is 15.1. The van der Waals surface area contributed by atoms with Crippen molar-refractivity contribution in [1.82, 2.24) is 15.0 Å². The number of rotatable bonds is 8. The number of nitrogens with zero attached hydrogens (tertiary/aromatic N) is 3. The highest BCUT2D eigenvalue weighted by Crippen LogP contribution is 2.14. The number of hydrogen-bond donors (Lipinski definition) is 2. The molecule has 3 aromatic heterocycles. The summed E-state index contributed by atoms with van der Waals surface area (Å²) >= 11 is 6.09. The normalized spacial score (nSPS) is 10.7. The summed E-state index contributed by atoms with van der Waals surface area (Å²) in [6.45, 7) is 0.682. The van der Waals surface area contributed by atoms with Crippen LogP contribution in [0.2, 0.25) is 5.02 Å². The lowest BCUT2D eigenvalue weighted by Crippen LogP contribution is -2.25. The van der Waals surface area contributed by atoms with Crippen LogP contribution in [0.4, 0.5) is 5.95 Å². The van der Waals surface area contributed by atoms with Crippen LogP contribution in [-0.4, -0.2) is 21.5 Å². The van der Waals surface area contributed by atoms with E-state index in [4.69, 9.17) is 11.6 Å².